The molecule has 1 unspecified atom stereocenters. The van der Waals surface area contributed by atoms with Crippen LogP contribution in [0, 0.1) is 5.92 Å². The Morgan fingerprint density at radius 3 is 2.55 bits per heavy atom. The topological polar surface area (TPSA) is 81.4 Å². The first kappa shape index (κ1) is 17.4. The van der Waals surface area contributed by atoms with Gasteiger partial charge in [-0.25, -0.2) is 13.1 Å². The van der Waals surface area contributed by atoms with Gasteiger partial charge < -0.3 is 10.5 Å². The van der Waals surface area contributed by atoms with E-state index < -0.39 is 10.0 Å². The van der Waals surface area contributed by atoms with Gasteiger partial charge in [0.15, 0.2) is 0 Å². The third kappa shape index (κ3) is 4.43. The van der Waals surface area contributed by atoms with Crippen LogP contribution >= 0.6 is 11.6 Å². The van der Waals surface area contributed by atoms with Crippen molar-refractivity contribution in [2.75, 3.05) is 13.7 Å². The van der Waals surface area contributed by atoms with Crippen LogP contribution < -0.4 is 10.5 Å². The summed E-state index contributed by atoms with van der Waals surface area (Å²) < 4.78 is 32.4. The Balaban J connectivity index is 3.04. The molecule has 0 heterocycles. The van der Waals surface area contributed by atoms with Crippen molar-refractivity contribution in [3.63, 3.8) is 0 Å². The van der Waals surface area contributed by atoms with Crippen LogP contribution in [0.1, 0.15) is 19.4 Å². The molecular weight excluding hydrogens is 300 g/mol. The predicted molar refractivity (Wildman–Crippen MR) is 80.2 cm³/mol. The van der Waals surface area contributed by atoms with Crippen LogP contribution in [0.4, 0.5) is 0 Å². The molecule has 0 aliphatic rings. The van der Waals surface area contributed by atoms with Crippen LogP contribution in [0.5, 0.6) is 0 Å². The molecule has 0 radical (unpaired) electrons. The van der Waals surface area contributed by atoms with E-state index in [1.165, 1.54) is 12.1 Å². The van der Waals surface area contributed by atoms with Gasteiger partial charge >= 0.3 is 0 Å². The number of methoxy groups -OCH3 is 1. The molecular formula is C13H21ClN2O3S. The lowest BCUT2D eigenvalue weighted by Gasteiger charge is -2.21. The zero-order valence-corrected chi connectivity index (χ0v) is 13.5. The molecule has 0 bridgehead atoms. The molecule has 1 atom stereocenters. The summed E-state index contributed by atoms with van der Waals surface area (Å²) in [5.74, 6) is 0.117. The summed E-state index contributed by atoms with van der Waals surface area (Å²) in [6.07, 6.45) is 0. The van der Waals surface area contributed by atoms with Crippen LogP contribution in [0.2, 0.25) is 5.02 Å². The molecule has 5 nitrogen and oxygen atoms in total. The van der Waals surface area contributed by atoms with Gasteiger partial charge in [0.25, 0.3) is 0 Å². The molecule has 0 aliphatic heterocycles. The van der Waals surface area contributed by atoms with Gasteiger partial charge in [-0.1, -0.05) is 25.4 Å². The van der Waals surface area contributed by atoms with Gasteiger partial charge in [-0.2, -0.15) is 0 Å². The van der Waals surface area contributed by atoms with Crippen molar-refractivity contribution in [3.05, 3.63) is 28.8 Å². The van der Waals surface area contributed by atoms with Gasteiger partial charge in [-0.3, -0.25) is 0 Å². The zero-order chi connectivity index (χ0) is 15.3. The summed E-state index contributed by atoms with van der Waals surface area (Å²) in [4.78, 5) is 0.157. The molecule has 7 heteroatoms. The molecule has 0 saturated heterocycles. The minimum absolute atomic E-state index is 0.117. The number of hydrogen-bond acceptors (Lipinski definition) is 4. The van der Waals surface area contributed by atoms with Gasteiger partial charge in [-0.15, -0.1) is 0 Å². The molecule has 1 aromatic carbocycles. The second-order valence-electron chi connectivity index (χ2n) is 4.88. The van der Waals surface area contributed by atoms with Crippen LogP contribution in [0.25, 0.3) is 0 Å². The lowest BCUT2D eigenvalue weighted by atomic mass is 10.1. The second kappa shape index (κ2) is 7.38. The monoisotopic (exact) mass is 320 g/mol. The van der Waals surface area contributed by atoms with E-state index in [0.717, 1.165) is 0 Å². The van der Waals surface area contributed by atoms with Crippen LogP contribution in [-0.2, 0) is 21.3 Å². The summed E-state index contributed by atoms with van der Waals surface area (Å²) in [6, 6.07) is 4.21. The molecule has 0 fully saturated rings. The average molecular weight is 321 g/mol. The average Bonchev–Trinajstić information content (AvgIpc) is 2.38. The fraction of sp³-hybridized carbons (Fsp3) is 0.538. The Morgan fingerprint density at radius 1 is 1.40 bits per heavy atom. The molecule has 1 rings (SSSR count). The van der Waals surface area contributed by atoms with Crippen LogP contribution in [0.3, 0.4) is 0 Å². The van der Waals surface area contributed by atoms with Crippen LogP contribution in [0.15, 0.2) is 23.1 Å². The van der Waals surface area contributed by atoms with Crippen molar-refractivity contribution < 1.29 is 13.2 Å². The predicted octanol–water partition coefficient (Wildman–Crippen LogP) is 1.75. The van der Waals surface area contributed by atoms with E-state index in [1.54, 1.807) is 13.2 Å². The third-order valence-corrected chi connectivity index (χ3v) is 4.86. The summed E-state index contributed by atoms with van der Waals surface area (Å²) in [6.45, 7) is 4.36. The third-order valence-electron chi connectivity index (χ3n) is 3.00. The molecule has 3 N–H and O–H groups in total. The maximum Gasteiger partial charge on any atom is 0.240 e. The number of rotatable bonds is 7. The quantitative estimate of drug-likeness (QED) is 0.802. The molecule has 0 spiro atoms. The zero-order valence-electron chi connectivity index (χ0n) is 11.9. The smallest absolute Gasteiger partial charge is 0.240 e. The Labute approximate surface area is 125 Å². The van der Waals surface area contributed by atoms with Crippen molar-refractivity contribution in [1.82, 2.24) is 4.72 Å². The van der Waals surface area contributed by atoms with Crippen LogP contribution in [-0.4, -0.2) is 28.2 Å². The lowest BCUT2D eigenvalue weighted by molar-refractivity contribution is 0.157. The number of ether oxygens (including phenoxy) is 1. The fourth-order valence-corrected chi connectivity index (χ4v) is 3.30. The number of nitrogens with two attached hydrogens (primary N) is 1. The van der Waals surface area contributed by atoms with E-state index in [9.17, 15) is 8.42 Å². The summed E-state index contributed by atoms with van der Waals surface area (Å²) in [5.41, 5.74) is 6.14. The molecule has 0 amide bonds. The summed E-state index contributed by atoms with van der Waals surface area (Å²) in [7, 11) is -2.08. The SMILES string of the molecule is COCC(NS(=O)(=O)c1ccc(Cl)c(CN)c1)C(C)C. The maximum atomic E-state index is 12.4. The largest absolute Gasteiger partial charge is 0.383 e. The highest BCUT2D eigenvalue weighted by Crippen LogP contribution is 2.20. The van der Waals surface area contributed by atoms with Gasteiger partial charge in [0.1, 0.15) is 0 Å². The fourth-order valence-electron chi connectivity index (χ4n) is 1.68. The number of hydrogen-bond donors (Lipinski definition) is 2. The first-order valence-electron chi connectivity index (χ1n) is 6.31. The first-order valence-corrected chi connectivity index (χ1v) is 8.17. The number of benzene rings is 1. The number of halogens is 1. The van der Waals surface area contributed by atoms with E-state index in [2.05, 4.69) is 4.72 Å². The number of sulfonamides is 1. The molecule has 114 valence electrons. The summed E-state index contributed by atoms with van der Waals surface area (Å²) >= 11 is 5.94. The van der Waals surface area contributed by atoms with Gasteiger partial charge in [0, 0.05) is 24.7 Å². The molecule has 0 saturated carbocycles. The van der Waals surface area contributed by atoms with Gasteiger partial charge in [0.05, 0.1) is 11.5 Å². The Morgan fingerprint density at radius 2 is 2.05 bits per heavy atom. The molecule has 0 aliphatic carbocycles. The van der Waals surface area contributed by atoms with Gasteiger partial charge in [0.2, 0.25) is 10.0 Å². The Bertz CT molecular complexity index is 547. The summed E-state index contributed by atoms with van der Waals surface area (Å²) in [5, 5.41) is 0.462. The van der Waals surface area contributed by atoms with Crippen molar-refractivity contribution in [2.24, 2.45) is 11.7 Å². The minimum Gasteiger partial charge on any atom is -0.383 e. The normalized spacial score (nSPS) is 13.7. The second-order valence-corrected chi connectivity index (χ2v) is 7.01. The highest BCUT2D eigenvalue weighted by Gasteiger charge is 2.23. The van der Waals surface area contributed by atoms with Gasteiger partial charge in [-0.05, 0) is 29.7 Å². The van der Waals surface area contributed by atoms with E-state index in [-0.39, 0.29) is 23.4 Å². The minimum atomic E-state index is -3.62. The Kier molecular flexibility index (Phi) is 6.42. The van der Waals surface area contributed by atoms with E-state index in [0.29, 0.717) is 17.2 Å². The van der Waals surface area contributed by atoms with E-state index in [1.807, 2.05) is 13.8 Å². The number of nitrogens with one attached hydrogen (secondary N) is 1. The molecule has 0 aromatic heterocycles. The van der Waals surface area contributed by atoms with Crippen molar-refractivity contribution in [3.8, 4) is 0 Å². The van der Waals surface area contributed by atoms with Crippen molar-refractivity contribution in [1.29, 1.82) is 0 Å². The Hall–Kier alpha value is -0.660. The highest BCUT2D eigenvalue weighted by molar-refractivity contribution is 7.89. The standard InChI is InChI=1S/C13H21ClN2O3S/c1-9(2)13(8-19-3)16-20(17,18)11-4-5-12(14)10(6-11)7-15/h4-6,9,13,16H,7-8,15H2,1-3H3. The maximum absolute atomic E-state index is 12.4. The molecule has 20 heavy (non-hydrogen) atoms. The van der Waals surface area contributed by atoms with Crippen molar-refractivity contribution >= 4 is 21.6 Å². The lowest BCUT2D eigenvalue weighted by Crippen LogP contribution is -2.41. The van der Waals surface area contributed by atoms with E-state index >= 15 is 0 Å². The molecule has 1 aromatic rings. The van der Waals surface area contributed by atoms with E-state index in [4.69, 9.17) is 22.1 Å². The first-order chi connectivity index (χ1) is 9.31. The van der Waals surface area contributed by atoms with Crippen molar-refractivity contribution in [2.45, 2.75) is 31.3 Å². The highest BCUT2D eigenvalue weighted by atomic mass is 35.5.